The van der Waals surface area contributed by atoms with Crippen molar-refractivity contribution in [2.45, 2.75) is 20.4 Å². The van der Waals surface area contributed by atoms with Gasteiger partial charge in [-0.25, -0.2) is 8.78 Å². The number of aromatic nitrogens is 2. The molecule has 0 unspecified atom stereocenters. The zero-order valence-corrected chi connectivity index (χ0v) is 15.8. The molecule has 3 aromatic rings. The molecule has 0 aliphatic heterocycles. The molecule has 0 radical (unpaired) electrons. The van der Waals surface area contributed by atoms with Crippen molar-refractivity contribution >= 4 is 23.3 Å². The first-order valence-electron chi connectivity index (χ1n) is 8.43. The Morgan fingerprint density at radius 3 is 2.85 bits per heavy atom. The molecule has 1 amide bonds. The van der Waals surface area contributed by atoms with Gasteiger partial charge in [-0.3, -0.25) is 9.48 Å². The molecular weight excluding hydrogens is 368 g/mol. The fourth-order valence-electron chi connectivity index (χ4n) is 2.89. The fourth-order valence-corrected chi connectivity index (χ4v) is 3.54. The van der Waals surface area contributed by atoms with E-state index in [0.29, 0.717) is 13.1 Å². The highest BCUT2D eigenvalue weighted by atomic mass is 32.1. The minimum absolute atomic E-state index is 0.0316. The molecule has 1 N–H and O–H groups in total. The third-order valence-corrected chi connectivity index (χ3v) is 4.87. The Morgan fingerprint density at radius 2 is 2.11 bits per heavy atom. The van der Waals surface area contributed by atoms with Gasteiger partial charge in [0.05, 0.1) is 12.2 Å². The molecule has 4 nitrogen and oxygen atoms in total. The lowest BCUT2D eigenvalue weighted by atomic mass is 10.1. The molecule has 7 heteroatoms. The van der Waals surface area contributed by atoms with Gasteiger partial charge in [0.25, 0.3) is 0 Å². The Labute approximate surface area is 160 Å². The number of rotatable bonds is 6. The van der Waals surface area contributed by atoms with Crippen LogP contribution in [0.25, 0.3) is 17.2 Å². The minimum Gasteiger partial charge on any atom is -0.351 e. The second-order valence-corrected chi connectivity index (χ2v) is 6.85. The Bertz CT molecular complexity index is 978. The van der Waals surface area contributed by atoms with Crippen molar-refractivity contribution in [3.05, 3.63) is 69.7 Å². The lowest BCUT2D eigenvalue weighted by Crippen LogP contribution is -2.26. The highest BCUT2D eigenvalue weighted by Crippen LogP contribution is 2.28. The molecule has 140 valence electrons. The maximum absolute atomic E-state index is 13.5. The third kappa shape index (κ3) is 4.49. The molecule has 0 saturated carbocycles. The summed E-state index contributed by atoms with van der Waals surface area (Å²) in [7, 11) is 0. The molecular formula is C20H19F2N3OS. The molecule has 0 bridgehead atoms. The van der Waals surface area contributed by atoms with Gasteiger partial charge in [0, 0.05) is 29.4 Å². The topological polar surface area (TPSA) is 46.9 Å². The summed E-state index contributed by atoms with van der Waals surface area (Å²) in [6, 6.07) is 5.16. The summed E-state index contributed by atoms with van der Waals surface area (Å²) < 4.78 is 28.5. The maximum Gasteiger partial charge on any atom is 0.244 e. The van der Waals surface area contributed by atoms with Gasteiger partial charge in [-0.1, -0.05) is 0 Å². The van der Waals surface area contributed by atoms with Gasteiger partial charge in [-0.05, 0) is 60.5 Å². The number of hydrogen-bond acceptors (Lipinski definition) is 3. The van der Waals surface area contributed by atoms with Crippen LogP contribution in [0.4, 0.5) is 8.78 Å². The minimum atomic E-state index is -0.580. The van der Waals surface area contributed by atoms with Crippen LogP contribution in [0.15, 0.2) is 41.1 Å². The summed E-state index contributed by atoms with van der Waals surface area (Å²) >= 11 is 1.64. The first-order valence-corrected chi connectivity index (χ1v) is 9.37. The van der Waals surface area contributed by atoms with Gasteiger partial charge < -0.3 is 5.32 Å². The largest absolute Gasteiger partial charge is 0.351 e. The zero-order valence-electron chi connectivity index (χ0n) is 15.0. The molecule has 2 heterocycles. The van der Waals surface area contributed by atoms with Crippen molar-refractivity contribution in [3.8, 4) is 11.1 Å². The van der Waals surface area contributed by atoms with E-state index >= 15 is 0 Å². The van der Waals surface area contributed by atoms with E-state index in [0.717, 1.165) is 40.7 Å². The number of benzene rings is 1. The Hall–Kier alpha value is -2.80. The van der Waals surface area contributed by atoms with Crippen LogP contribution in [-0.4, -0.2) is 22.2 Å². The van der Waals surface area contributed by atoms with E-state index < -0.39 is 11.6 Å². The van der Waals surface area contributed by atoms with Gasteiger partial charge in [-0.2, -0.15) is 16.4 Å². The number of thiophene rings is 1. The van der Waals surface area contributed by atoms with Gasteiger partial charge in [0.15, 0.2) is 0 Å². The van der Waals surface area contributed by atoms with Crippen LogP contribution in [0, 0.1) is 25.5 Å². The lowest BCUT2D eigenvalue weighted by Gasteiger charge is -2.06. The predicted molar refractivity (Wildman–Crippen MR) is 103 cm³/mol. The summed E-state index contributed by atoms with van der Waals surface area (Å²) in [5.74, 6) is -1.51. The lowest BCUT2D eigenvalue weighted by molar-refractivity contribution is -0.116. The number of carbonyl (C=O) groups excluding carboxylic acids is 1. The molecule has 0 spiro atoms. The van der Waals surface area contributed by atoms with Crippen molar-refractivity contribution < 1.29 is 13.6 Å². The van der Waals surface area contributed by atoms with Crippen LogP contribution in [0.2, 0.25) is 0 Å². The van der Waals surface area contributed by atoms with Crippen LogP contribution in [-0.2, 0) is 11.3 Å². The van der Waals surface area contributed by atoms with Crippen LogP contribution >= 0.6 is 11.3 Å². The van der Waals surface area contributed by atoms with E-state index in [1.807, 2.05) is 23.9 Å². The molecule has 0 atom stereocenters. The van der Waals surface area contributed by atoms with E-state index in [1.165, 1.54) is 12.2 Å². The summed E-state index contributed by atoms with van der Waals surface area (Å²) in [5, 5.41) is 11.4. The van der Waals surface area contributed by atoms with E-state index in [1.54, 1.807) is 11.3 Å². The average Bonchev–Trinajstić information content (AvgIpc) is 3.24. The van der Waals surface area contributed by atoms with Crippen molar-refractivity contribution in [2.75, 3.05) is 6.54 Å². The van der Waals surface area contributed by atoms with Crippen LogP contribution in [0.1, 0.15) is 17.0 Å². The number of hydrogen-bond donors (Lipinski definition) is 1. The van der Waals surface area contributed by atoms with E-state index in [4.69, 9.17) is 0 Å². The highest BCUT2D eigenvalue weighted by molar-refractivity contribution is 7.08. The van der Waals surface area contributed by atoms with Crippen LogP contribution in [0.5, 0.6) is 0 Å². The Morgan fingerprint density at radius 1 is 1.30 bits per heavy atom. The fraction of sp³-hybridized carbons (Fsp3) is 0.200. The second kappa shape index (κ2) is 8.26. The molecule has 27 heavy (non-hydrogen) atoms. The van der Waals surface area contributed by atoms with Gasteiger partial charge >= 0.3 is 0 Å². The number of carbonyl (C=O) groups is 1. The molecule has 0 aliphatic carbocycles. The number of halogens is 2. The standard InChI is InChI=1S/C20H19F2N3OS/c1-13-20(16-7-10-27-12-16)14(2)25(24-13)9-8-23-19(26)6-3-15-11-17(21)4-5-18(15)22/h3-7,10-12H,8-9H2,1-2H3,(H,23,26). The molecule has 2 aromatic heterocycles. The van der Waals surface area contributed by atoms with Gasteiger partial charge in [0.2, 0.25) is 5.91 Å². The van der Waals surface area contributed by atoms with E-state index in [9.17, 15) is 13.6 Å². The maximum atomic E-state index is 13.5. The summed E-state index contributed by atoms with van der Waals surface area (Å²) in [4.78, 5) is 11.9. The second-order valence-electron chi connectivity index (χ2n) is 6.07. The van der Waals surface area contributed by atoms with Crippen molar-refractivity contribution in [3.63, 3.8) is 0 Å². The molecule has 0 saturated heterocycles. The first-order chi connectivity index (χ1) is 13.0. The van der Waals surface area contributed by atoms with Crippen molar-refractivity contribution in [2.24, 2.45) is 0 Å². The molecule has 1 aromatic carbocycles. The van der Waals surface area contributed by atoms with E-state index in [2.05, 4.69) is 21.9 Å². The van der Waals surface area contributed by atoms with Crippen molar-refractivity contribution in [1.82, 2.24) is 15.1 Å². The van der Waals surface area contributed by atoms with Crippen LogP contribution in [0.3, 0.4) is 0 Å². The number of amides is 1. The molecule has 0 fully saturated rings. The van der Waals surface area contributed by atoms with Gasteiger partial charge in [0.1, 0.15) is 11.6 Å². The predicted octanol–water partition coefficient (Wildman–Crippen LogP) is 4.34. The highest BCUT2D eigenvalue weighted by Gasteiger charge is 2.13. The monoisotopic (exact) mass is 387 g/mol. The van der Waals surface area contributed by atoms with E-state index in [-0.39, 0.29) is 11.5 Å². The number of aryl methyl sites for hydroxylation is 1. The normalized spacial score (nSPS) is 11.3. The number of nitrogens with zero attached hydrogens (tertiary/aromatic N) is 2. The Balaban J connectivity index is 1.58. The zero-order chi connectivity index (χ0) is 19.4. The average molecular weight is 387 g/mol. The number of nitrogens with one attached hydrogen (secondary N) is 1. The quantitative estimate of drug-likeness (QED) is 0.640. The Kier molecular flexibility index (Phi) is 5.81. The third-order valence-electron chi connectivity index (χ3n) is 4.19. The van der Waals surface area contributed by atoms with Crippen LogP contribution < -0.4 is 5.32 Å². The summed E-state index contributed by atoms with van der Waals surface area (Å²) in [6.07, 6.45) is 2.45. The smallest absolute Gasteiger partial charge is 0.244 e. The molecule has 0 aliphatic rings. The first kappa shape index (κ1) is 19.0. The molecule has 3 rings (SSSR count). The van der Waals surface area contributed by atoms with Gasteiger partial charge in [-0.15, -0.1) is 0 Å². The summed E-state index contributed by atoms with van der Waals surface area (Å²) in [6.45, 7) is 4.86. The SMILES string of the molecule is Cc1nn(CCNC(=O)C=Cc2cc(F)ccc2F)c(C)c1-c1ccsc1. The van der Waals surface area contributed by atoms with Crippen molar-refractivity contribution in [1.29, 1.82) is 0 Å². The summed E-state index contributed by atoms with van der Waals surface area (Å²) in [5.41, 5.74) is 4.27.